The molecule has 172 valence electrons. The minimum absolute atomic E-state index is 0.0615. The first-order chi connectivity index (χ1) is 16.1. The van der Waals surface area contributed by atoms with Gasteiger partial charge in [0.25, 0.3) is 0 Å². The number of carbonyl (C=O) groups is 1. The lowest BCUT2D eigenvalue weighted by Crippen LogP contribution is -2.33. The van der Waals surface area contributed by atoms with Crippen molar-refractivity contribution in [1.29, 1.82) is 0 Å². The molecule has 0 amide bonds. The van der Waals surface area contributed by atoms with E-state index in [0.717, 1.165) is 47.4 Å². The highest BCUT2D eigenvalue weighted by Crippen LogP contribution is 2.30. The maximum atomic E-state index is 13.0. The summed E-state index contributed by atoms with van der Waals surface area (Å²) in [6.45, 7) is 8.07. The van der Waals surface area contributed by atoms with Gasteiger partial charge in [0.2, 0.25) is 0 Å². The first kappa shape index (κ1) is 21.9. The number of dihydropyridines is 1. The number of hydrogen-bond donors (Lipinski definition) is 1. The summed E-state index contributed by atoms with van der Waals surface area (Å²) in [6.07, 6.45) is 12.2. The van der Waals surface area contributed by atoms with Gasteiger partial charge in [0.1, 0.15) is 18.4 Å². The number of ether oxygens (including phenoxy) is 1. The number of ketones is 1. The number of aliphatic imine (C=N–C) groups is 1. The third-order valence-corrected chi connectivity index (χ3v) is 6.95. The number of rotatable bonds is 6. The van der Waals surface area contributed by atoms with Crippen LogP contribution in [0.3, 0.4) is 0 Å². The largest absolute Gasteiger partial charge is 0.492 e. The number of aromatic amines is 1. The van der Waals surface area contributed by atoms with Gasteiger partial charge in [0, 0.05) is 29.1 Å². The second-order valence-corrected chi connectivity index (χ2v) is 9.50. The van der Waals surface area contributed by atoms with Crippen molar-refractivity contribution in [2.75, 3.05) is 26.2 Å². The summed E-state index contributed by atoms with van der Waals surface area (Å²) >= 11 is 0. The smallest absolute Gasteiger partial charge is 0.189 e. The molecule has 1 N–H and O–H groups in total. The number of aromatic nitrogens is 1. The fraction of sp³-hybridized carbons (Fsp3) is 0.429. The first-order valence-corrected chi connectivity index (χ1v) is 12.3. The predicted molar refractivity (Wildman–Crippen MR) is 135 cm³/mol. The number of fused-ring (bicyclic) bond motifs is 1. The van der Waals surface area contributed by atoms with Gasteiger partial charge in [-0.05, 0) is 82.5 Å². The zero-order valence-corrected chi connectivity index (χ0v) is 19.7. The number of hydrogen-bond acceptors (Lipinski definition) is 4. The van der Waals surface area contributed by atoms with E-state index in [9.17, 15) is 4.79 Å². The lowest BCUT2D eigenvalue weighted by atomic mass is 9.90. The molecule has 5 nitrogen and oxygen atoms in total. The summed E-state index contributed by atoms with van der Waals surface area (Å²) in [6, 6.07) is 7.82. The molecule has 2 aliphatic heterocycles. The van der Waals surface area contributed by atoms with Crippen molar-refractivity contribution in [2.24, 2.45) is 4.99 Å². The van der Waals surface area contributed by atoms with Crippen molar-refractivity contribution in [2.45, 2.75) is 52.0 Å². The standard InChI is InChI=1S/C28H33N3O2/c1-19-6-8-21(9-7-19)26-18-24(28(32)20(2)29-26)27-16-22-10-11-23(17-25(22)30-27)33-15-14-31-12-4-3-5-13-31/h6,8,10-11,16-18,20,30H,3-5,7,9,12-15H2,1-2H3/t20-/m0/s1. The van der Waals surface area contributed by atoms with E-state index < -0.39 is 0 Å². The van der Waals surface area contributed by atoms with Gasteiger partial charge in [-0.25, -0.2) is 0 Å². The zero-order valence-electron chi connectivity index (χ0n) is 19.7. The molecule has 3 heterocycles. The Labute approximate surface area is 195 Å². The molecule has 1 fully saturated rings. The molecule has 0 unspecified atom stereocenters. The van der Waals surface area contributed by atoms with Crippen LogP contribution >= 0.6 is 0 Å². The minimum atomic E-state index is -0.368. The lowest BCUT2D eigenvalue weighted by Gasteiger charge is -2.26. The van der Waals surface area contributed by atoms with E-state index in [1.807, 2.05) is 25.1 Å². The van der Waals surface area contributed by atoms with Gasteiger partial charge in [-0.15, -0.1) is 0 Å². The van der Waals surface area contributed by atoms with Crippen LogP contribution in [0.15, 0.2) is 58.6 Å². The molecule has 0 spiro atoms. The van der Waals surface area contributed by atoms with Crippen LogP contribution in [-0.4, -0.2) is 53.7 Å². The lowest BCUT2D eigenvalue weighted by molar-refractivity contribution is -0.114. The van der Waals surface area contributed by atoms with E-state index in [4.69, 9.17) is 4.74 Å². The number of Topliss-reactive ketones (excluding diaryl/α,β-unsaturated/α-hetero) is 1. The van der Waals surface area contributed by atoms with Gasteiger partial charge in [-0.1, -0.05) is 24.1 Å². The predicted octanol–water partition coefficient (Wildman–Crippen LogP) is 5.49. The Morgan fingerprint density at radius 1 is 1.12 bits per heavy atom. The molecular weight excluding hydrogens is 410 g/mol. The van der Waals surface area contributed by atoms with Crippen LogP contribution in [0.1, 0.15) is 51.6 Å². The molecule has 3 aliphatic rings. The third-order valence-electron chi connectivity index (χ3n) is 6.95. The van der Waals surface area contributed by atoms with Gasteiger partial charge in [-0.3, -0.25) is 14.7 Å². The fourth-order valence-corrected chi connectivity index (χ4v) is 4.89. The van der Waals surface area contributed by atoms with Crippen LogP contribution in [-0.2, 0) is 4.79 Å². The van der Waals surface area contributed by atoms with E-state index in [1.165, 1.54) is 43.5 Å². The highest BCUT2D eigenvalue weighted by Gasteiger charge is 2.26. The molecule has 1 aromatic heterocycles. The summed E-state index contributed by atoms with van der Waals surface area (Å²) in [5.74, 6) is 0.924. The molecule has 2 aromatic rings. The van der Waals surface area contributed by atoms with Crippen molar-refractivity contribution in [3.8, 4) is 5.75 Å². The summed E-state index contributed by atoms with van der Waals surface area (Å²) in [7, 11) is 0. The Kier molecular flexibility index (Phi) is 6.32. The molecule has 1 aliphatic carbocycles. The number of nitrogens with zero attached hydrogens (tertiary/aromatic N) is 2. The average molecular weight is 444 g/mol. The first-order valence-electron chi connectivity index (χ1n) is 12.3. The Morgan fingerprint density at radius 2 is 1.97 bits per heavy atom. The maximum Gasteiger partial charge on any atom is 0.189 e. The van der Waals surface area contributed by atoms with Crippen LogP contribution in [0, 0.1) is 0 Å². The van der Waals surface area contributed by atoms with Crippen molar-refractivity contribution in [1.82, 2.24) is 9.88 Å². The van der Waals surface area contributed by atoms with Crippen molar-refractivity contribution in [3.05, 3.63) is 59.3 Å². The van der Waals surface area contributed by atoms with Crippen LogP contribution in [0.25, 0.3) is 16.5 Å². The van der Waals surface area contributed by atoms with Crippen LogP contribution < -0.4 is 4.74 Å². The van der Waals surface area contributed by atoms with E-state index in [1.54, 1.807) is 0 Å². The van der Waals surface area contributed by atoms with Crippen LogP contribution in [0.2, 0.25) is 0 Å². The van der Waals surface area contributed by atoms with E-state index >= 15 is 0 Å². The fourth-order valence-electron chi connectivity index (χ4n) is 4.89. The van der Waals surface area contributed by atoms with Crippen LogP contribution in [0.4, 0.5) is 0 Å². The third kappa shape index (κ3) is 4.88. The van der Waals surface area contributed by atoms with E-state index in [2.05, 4.69) is 46.1 Å². The van der Waals surface area contributed by atoms with Crippen molar-refractivity contribution >= 4 is 28.0 Å². The second-order valence-electron chi connectivity index (χ2n) is 9.50. The highest BCUT2D eigenvalue weighted by molar-refractivity contribution is 6.32. The van der Waals surface area contributed by atoms with Crippen molar-refractivity contribution in [3.63, 3.8) is 0 Å². The summed E-state index contributed by atoms with van der Waals surface area (Å²) < 4.78 is 6.04. The average Bonchev–Trinajstić information content (AvgIpc) is 3.25. The topological polar surface area (TPSA) is 57.7 Å². The zero-order chi connectivity index (χ0) is 22.8. The van der Waals surface area contributed by atoms with E-state index in [-0.39, 0.29) is 11.8 Å². The Bertz CT molecular complexity index is 1170. The molecular formula is C28H33N3O2. The number of likely N-dealkylation sites (tertiary alicyclic amines) is 1. The van der Waals surface area contributed by atoms with Gasteiger partial charge in [0.15, 0.2) is 5.78 Å². The minimum Gasteiger partial charge on any atom is -0.492 e. The maximum absolute atomic E-state index is 13.0. The molecule has 0 saturated carbocycles. The van der Waals surface area contributed by atoms with Gasteiger partial charge >= 0.3 is 0 Å². The number of allylic oxidation sites excluding steroid dienone is 5. The van der Waals surface area contributed by atoms with E-state index in [0.29, 0.717) is 12.2 Å². The SMILES string of the molecule is CC1=CC=C(C2=N[C@@H](C)C(=O)C(c3cc4ccc(OCCN5CCCCC5)cc4[nH]3)=C2)CC1. The second kappa shape index (κ2) is 9.52. The normalized spacial score (nSPS) is 22.0. The molecule has 1 saturated heterocycles. The molecule has 5 rings (SSSR count). The number of piperidine rings is 1. The van der Waals surface area contributed by atoms with Gasteiger partial charge in [-0.2, -0.15) is 0 Å². The summed E-state index contributed by atoms with van der Waals surface area (Å²) in [4.78, 5) is 23.6. The Morgan fingerprint density at radius 3 is 2.76 bits per heavy atom. The monoisotopic (exact) mass is 443 g/mol. The van der Waals surface area contributed by atoms with Gasteiger partial charge < -0.3 is 9.72 Å². The molecule has 5 heteroatoms. The highest BCUT2D eigenvalue weighted by atomic mass is 16.5. The number of nitrogens with one attached hydrogen (secondary N) is 1. The molecule has 0 bridgehead atoms. The molecule has 1 atom stereocenters. The Balaban J connectivity index is 1.34. The Hall–Kier alpha value is -2.92. The molecule has 0 radical (unpaired) electrons. The van der Waals surface area contributed by atoms with Crippen LogP contribution in [0.5, 0.6) is 5.75 Å². The quantitative estimate of drug-likeness (QED) is 0.642. The summed E-state index contributed by atoms with van der Waals surface area (Å²) in [5.41, 5.74) is 6.07. The van der Waals surface area contributed by atoms with Gasteiger partial charge in [0.05, 0.1) is 11.4 Å². The number of H-pyrrole nitrogens is 1. The number of carbonyl (C=O) groups excluding carboxylic acids is 1. The molecule has 1 aromatic carbocycles. The molecule has 33 heavy (non-hydrogen) atoms. The summed E-state index contributed by atoms with van der Waals surface area (Å²) in [5, 5.41) is 1.08. The van der Waals surface area contributed by atoms with Crippen molar-refractivity contribution < 1.29 is 9.53 Å². The number of benzene rings is 1.